The molecule has 5 heterocycles. The van der Waals surface area contributed by atoms with Gasteiger partial charge in [0.25, 0.3) is 0 Å². The minimum Gasteiger partial charge on any atom is -0.657 e. The van der Waals surface area contributed by atoms with E-state index in [1.165, 1.54) is 38.3 Å². The van der Waals surface area contributed by atoms with Crippen LogP contribution in [0.4, 0.5) is 0 Å². The average Bonchev–Trinajstić information content (AvgIpc) is 4.18. The second-order valence-corrected chi connectivity index (χ2v) is 25.2. The first-order chi connectivity index (χ1) is 33.7. The molecule has 71 heavy (non-hydrogen) atoms. The van der Waals surface area contributed by atoms with Gasteiger partial charge in [-0.1, -0.05) is 127 Å². The zero-order valence-electron chi connectivity index (χ0n) is 42.3. The molecule has 0 aliphatic carbocycles. The van der Waals surface area contributed by atoms with Crippen LogP contribution >= 0.6 is 11.8 Å². The fourth-order valence-corrected chi connectivity index (χ4v) is 10.9. The number of nitrogens with zero attached hydrogens (tertiary/aromatic N) is 4. The van der Waals surface area contributed by atoms with Crippen molar-refractivity contribution in [2.75, 3.05) is 6.26 Å². The van der Waals surface area contributed by atoms with Crippen LogP contribution in [0, 0.1) is 64.8 Å². The number of rotatable bonds is 5. The summed E-state index contributed by atoms with van der Waals surface area (Å²) in [6, 6.07) is 43.0. The molecule has 10 rings (SSSR count). The molecular weight excluding hydrogens is 950 g/mol. The Labute approximate surface area is 437 Å². The molecule has 3 aromatic heterocycles. The zero-order chi connectivity index (χ0) is 48.8. The van der Waals surface area contributed by atoms with Gasteiger partial charge in [-0.05, 0) is 181 Å². The molecule has 2 aliphatic heterocycles. The van der Waals surface area contributed by atoms with Crippen LogP contribution in [0.15, 0.2) is 126 Å². The van der Waals surface area contributed by atoms with Gasteiger partial charge in [0.05, 0.1) is 22.8 Å². The fourth-order valence-electron chi connectivity index (χ4n) is 9.89. The van der Waals surface area contributed by atoms with Crippen LogP contribution in [0.2, 0.25) is 19.6 Å². The summed E-state index contributed by atoms with van der Waals surface area (Å²) in [5.41, 5.74) is 28.4. The number of hydrogen-bond acceptors (Lipinski definition) is 3. The summed E-state index contributed by atoms with van der Waals surface area (Å²) in [6.07, 6.45) is 10.7. The quantitative estimate of drug-likeness (QED) is 0.0977. The van der Waals surface area contributed by atoms with E-state index in [2.05, 4.69) is 236 Å². The van der Waals surface area contributed by atoms with E-state index in [-0.39, 0.29) is 19.5 Å². The van der Waals surface area contributed by atoms with Crippen molar-refractivity contribution >= 4 is 66.2 Å². The number of aromatic nitrogens is 4. The molecule has 0 amide bonds. The van der Waals surface area contributed by atoms with Crippen LogP contribution in [-0.2, 0) is 19.5 Å². The minimum absolute atomic E-state index is 0. The van der Waals surface area contributed by atoms with Gasteiger partial charge in [0.2, 0.25) is 0 Å². The second kappa shape index (κ2) is 20.0. The van der Waals surface area contributed by atoms with Gasteiger partial charge in [-0.2, -0.15) is 0 Å². The van der Waals surface area contributed by atoms with E-state index < -0.39 is 8.07 Å². The topological polar surface area (TPSA) is 54.0 Å². The van der Waals surface area contributed by atoms with E-state index in [9.17, 15) is 0 Å². The van der Waals surface area contributed by atoms with E-state index in [0.29, 0.717) is 0 Å². The van der Waals surface area contributed by atoms with Gasteiger partial charge < -0.3 is 9.97 Å². The van der Waals surface area contributed by atoms with Crippen LogP contribution in [-0.4, -0.2) is 24.3 Å². The largest absolute Gasteiger partial charge is 2.00 e. The molecule has 0 atom stereocenters. The Morgan fingerprint density at radius 3 is 1.21 bits per heavy atom. The summed E-state index contributed by atoms with van der Waals surface area (Å²) in [5.74, 6) is 10.2. The molecule has 8 bridgehead atoms. The molecule has 2 aliphatic rings. The Morgan fingerprint density at radius 2 is 0.803 bits per heavy atom. The monoisotopic (exact) mass is 1000 g/mol. The standard InChI is InChI=1S/C64H54N4SSi.Zn/c1-39-34-41(3)59(42(4)35-39)63-55-28-24-51(65-55)61(48-20-16-45(17-21-48)14-15-47-12-11-13-50(38-47)69-7)52-25-29-56(66-52)64(60-43(5)36-40(2)37-44(60)6)58-31-27-54(68-58)62(53-26-30-57(63)67-53)49-22-18-46(19-23-49)32-33-70(8,9)10;/h11-13,16-31,34-38H,1-10H3;/q-2;+2. The molecule has 0 fully saturated rings. The summed E-state index contributed by atoms with van der Waals surface area (Å²) in [5, 5.41) is 0. The maximum atomic E-state index is 5.57. The van der Waals surface area contributed by atoms with Crippen molar-refractivity contribution in [3.63, 3.8) is 0 Å². The molecule has 0 unspecified atom stereocenters. The van der Waals surface area contributed by atoms with Crippen LogP contribution in [0.25, 0.3) is 90.9 Å². The van der Waals surface area contributed by atoms with Crippen LogP contribution in [0.1, 0.15) is 72.8 Å². The summed E-state index contributed by atoms with van der Waals surface area (Å²) in [6.45, 7) is 19.9. The number of thioether (sulfide) groups is 1. The summed E-state index contributed by atoms with van der Waals surface area (Å²) in [4.78, 5) is 23.5. The van der Waals surface area contributed by atoms with Crippen molar-refractivity contribution in [2.45, 2.75) is 66.1 Å². The van der Waals surface area contributed by atoms with Crippen molar-refractivity contribution in [3.05, 3.63) is 194 Å². The number of benzene rings is 5. The maximum Gasteiger partial charge on any atom is 2.00 e. The molecule has 342 valence electrons. The van der Waals surface area contributed by atoms with Gasteiger partial charge in [0, 0.05) is 21.6 Å². The van der Waals surface area contributed by atoms with Gasteiger partial charge in [0.15, 0.2) is 0 Å². The summed E-state index contributed by atoms with van der Waals surface area (Å²) in [7, 11) is -1.57. The SMILES string of the molecule is CSc1cccc(C#Cc2ccc(-c3c4nc(c(-c5c(C)cc(C)cc5C)c5ccc([n-]5)c(-c5ccc(C#C[Si](C)(C)C)cc5)c5nc(c(-c6c(C)cc(C)cc6C)c6ccc3[n-]6)C=C5)C=C4)cc2)c1.[Zn+2]. The van der Waals surface area contributed by atoms with Gasteiger partial charge in [0.1, 0.15) is 8.07 Å². The Bertz CT molecular complexity index is 3700. The Kier molecular flexibility index (Phi) is 13.8. The minimum atomic E-state index is -1.57. The van der Waals surface area contributed by atoms with Gasteiger partial charge in [-0.15, -0.1) is 39.4 Å². The number of aryl methyl sites for hydroxylation is 6. The molecule has 0 spiro atoms. The van der Waals surface area contributed by atoms with Crippen molar-refractivity contribution in [1.29, 1.82) is 0 Å². The van der Waals surface area contributed by atoms with E-state index in [0.717, 1.165) is 106 Å². The first kappa shape index (κ1) is 49.0. The molecule has 4 nitrogen and oxygen atoms in total. The fraction of sp³-hybridized carbons (Fsp3) is 0.156. The predicted molar refractivity (Wildman–Crippen MR) is 301 cm³/mol. The van der Waals surface area contributed by atoms with Crippen LogP contribution < -0.4 is 9.97 Å². The maximum absolute atomic E-state index is 5.57. The van der Waals surface area contributed by atoms with E-state index in [1.807, 2.05) is 0 Å². The Morgan fingerprint density at radius 1 is 0.423 bits per heavy atom. The van der Waals surface area contributed by atoms with Crippen LogP contribution in [0.3, 0.4) is 0 Å². The van der Waals surface area contributed by atoms with Gasteiger partial charge in [-0.3, -0.25) is 0 Å². The molecule has 0 N–H and O–H groups in total. The third-order valence-electron chi connectivity index (χ3n) is 12.8. The van der Waals surface area contributed by atoms with Gasteiger partial charge in [-0.25, -0.2) is 9.97 Å². The summed E-state index contributed by atoms with van der Waals surface area (Å²) >= 11 is 1.72. The Hall–Kier alpha value is -6.99. The van der Waals surface area contributed by atoms with Crippen molar-refractivity contribution in [3.8, 4) is 67.8 Å². The average molecular weight is 1000 g/mol. The molecule has 5 aromatic carbocycles. The predicted octanol–water partition coefficient (Wildman–Crippen LogP) is 15.8. The van der Waals surface area contributed by atoms with Crippen LogP contribution in [0.5, 0.6) is 0 Å². The van der Waals surface area contributed by atoms with Crippen molar-refractivity contribution in [2.24, 2.45) is 0 Å². The normalized spacial score (nSPS) is 11.7. The third kappa shape index (κ3) is 10.2. The molecule has 0 saturated carbocycles. The van der Waals surface area contributed by atoms with Gasteiger partial charge >= 0.3 is 19.5 Å². The van der Waals surface area contributed by atoms with Crippen molar-refractivity contribution < 1.29 is 19.5 Å². The number of fused-ring (bicyclic) bond motifs is 8. The van der Waals surface area contributed by atoms with Crippen molar-refractivity contribution in [1.82, 2.24) is 19.9 Å². The summed E-state index contributed by atoms with van der Waals surface area (Å²) < 4.78 is 0. The molecular formula is C64H54N4SSiZn. The first-order valence-corrected chi connectivity index (χ1v) is 28.5. The molecule has 8 aromatic rings. The smallest absolute Gasteiger partial charge is 0.657 e. The van der Waals surface area contributed by atoms with E-state index >= 15 is 0 Å². The van der Waals surface area contributed by atoms with E-state index in [1.54, 1.807) is 11.8 Å². The third-order valence-corrected chi connectivity index (χ3v) is 14.4. The number of hydrogen-bond donors (Lipinski definition) is 0. The molecule has 0 saturated heterocycles. The zero-order valence-corrected chi connectivity index (χ0v) is 47.0. The molecule has 7 heteroatoms. The Balaban J connectivity index is 0.00000624. The van der Waals surface area contributed by atoms with E-state index in [4.69, 9.17) is 19.9 Å². The first-order valence-electron chi connectivity index (χ1n) is 23.8. The second-order valence-electron chi connectivity index (χ2n) is 19.5. The molecule has 0 radical (unpaired) electrons.